The van der Waals surface area contributed by atoms with Gasteiger partial charge in [-0.15, -0.1) is 11.3 Å². The number of amides is 1. The number of fused-ring (bicyclic) bond motifs is 5. The molecule has 4 aromatic rings. The van der Waals surface area contributed by atoms with Gasteiger partial charge >= 0.3 is 0 Å². The Hall–Kier alpha value is -3.46. The summed E-state index contributed by atoms with van der Waals surface area (Å²) in [5.41, 5.74) is 1.54. The van der Waals surface area contributed by atoms with Gasteiger partial charge in [0.1, 0.15) is 10.6 Å². The van der Waals surface area contributed by atoms with Crippen LogP contribution in [0.2, 0.25) is 0 Å². The highest BCUT2D eigenvalue weighted by molar-refractivity contribution is 7.21. The van der Waals surface area contributed by atoms with Gasteiger partial charge in [0.15, 0.2) is 17.5 Å². The number of halogens is 2. The molecule has 4 heterocycles. The predicted octanol–water partition coefficient (Wildman–Crippen LogP) is 4.53. The minimum atomic E-state index is -0.849. The highest BCUT2D eigenvalue weighted by Gasteiger charge is 2.25. The Morgan fingerprint density at radius 1 is 1.27 bits per heavy atom. The van der Waals surface area contributed by atoms with Gasteiger partial charge < -0.3 is 10.6 Å². The van der Waals surface area contributed by atoms with Gasteiger partial charge in [-0.1, -0.05) is 6.58 Å². The second-order valence-corrected chi connectivity index (χ2v) is 8.11. The molecule has 0 aliphatic carbocycles. The number of thiophene rings is 1. The van der Waals surface area contributed by atoms with E-state index in [1.807, 2.05) is 25.1 Å². The molecule has 0 saturated carbocycles. The van der Waals surface area contributed by atoms with Crippen molar-refractivity contribution in [1.82, 2.24) is 20.3 Å². The maximum absolute atomic E-state index is 14.3. The van der Waals surface area contributed by atoms with Gasteiger partial charge in [0.05, 0.1) is 23.1 Å². The van der Waals surface area contributed by atoms with Crippen LogP contribution < -0.4 is 10.6 Å². The number of carbonyl (C=O) groups excluding carboxylic acids is 1. The summed E-state index contributed by atoms with van der Waals surface area (Å²) >= 11 is 1.41. The van der Waals surface area contributed by atoms with Crippen molar-refractivity contribution >= 4 is 49.7 Å². The minimum absolute atomic E-state index is 0.00652. The maximum Gasteiger partial charge on any atom is 0.263 e. The first-order valence-corrected chi connectivity index (χ1v) is 10.0. The molecule has 0 radical (unpaired) electrons. The third-order valence-corrected chi connectivity index (χ3v) is 6.07. The molecule has 6 nitrogen and oxygen atoms in total. The summed E-state index contributed by atoms with van der Waals surface area (Å²) in [6, 6.07) is 7.14. The van der Waals surface area contributed by atoms with Crippen molar-refractivity contribution in [2.45, 2.75) is 13.0 Å². The average molecular weight is 423 g/mol. The van der Waals surface area contributed by atoms with Crippen LogP contribution in [0.1, 0.15) is 22.4 Å². The number of nitrogens with one attached hydrogen (secondary N) is 2. The van der Waals surface area contributed by atoms with E-state index >= 15 is 0 Å². The van der Waals surface area contributed by atoms with E-state index in [2.05, 4.69) is 32.2 Å². The highest BCUT2D eigenvalue weighted by Crippen LogP contribution is 2.41. The van der Waals surface area contributed by atoms with Crippen molar-refractivity contribution in [2.24, 2.45) is 0 Å². The topological polar surface area (TPSA) is 79.8 Å². The van der Waals surface area contributed by atoms with E-state index in [1.165, 1.54) is 11.3 Å². The zero-order chi connectivity index (χ0) is 21.0. The van der Waals surface area contributed by atoms with E-state index in [4.69, 9.17) is 0 Å². The van der Waals surface area contributed by atoms with Crippen molar-refractivity contribution in [2.75, 3.05) is 11.9 Å². The van der Waals surface area contributed by atoms with Gasteiger partial charge in [0, 0.05) is 28.1 Å². The van der Waals surface area contributed by atoms with Crippen LogP contribution in [0.5, 0.6) is 0 Å². The smallest absolute Gasteiger partial charge is 0.263 e. The molecule has 0 fully saturated rings. The van der Waals surface area contributed by atoms with Crippen LogP contribution in [0.15, 0.2) is 37.0 Å². The molecule has 0 bridgehead atoms. The van der Waals surface area contributed by atoms with Gasteiger partial charge in [0.25, 0.3) is 5.91 Å². The normalized spacial score (nSPS) is 16.1. The Bertz CT molecular complexity index is 1370. The molecule has 1 aromatic carbocycles. The van der Waals surface area contributed by atoms with Crippen molar-refractivity contribution < 1.29 is 13.6 Å². The molecule has 0 spiro atoms. The van der Waals surface area contributed by atoms with Crippen LogP contribution >= 0.6 is 11.3 Å². The molecular weight excluding hydrogens is 408 g/mol. The number of rotatable bonds is 2. The summed E-state index contributed by atoms with van der Waals surface area (Å²) < 4.78 is 28.7. The Kier molecular flexibility index (Phi) is 4.21. The summed E-state index contributed by atoms with van der Waals surface area (Å²) in [6.45, 7) is 5.70. The van der Waals surface area contributed by atoms with E-state index in [1.54, 1.807) is 6.07 Å². The van der Waals surface area contributed by atoms with Gasteiger partial charge in [-0.25, -0.2) is 23.7 Å². The third kappa shape index (κ3) is 2.89. The fourth-order valence-electron chi connectivity index (χ4n) is 3.53. The van der Waals surface area contributed by atoms with E-state index in [0.717, 1.165) is 27.4 Å². The molecular formula is C21H15F2N5OS. The first kappa shape index (κ1) is 18.6. The van der Waals surface area contributed by atoms with Crippen molar-refractivity contribution in [3.63, 3.8) is 0 Å². The van der Waals surface area contributed by atoms with Crippen LogP contribution in [-0.4, -0.2) is 33.4 Å². The molecule has 1 amide bonds. The standard InChI is InChI=1S/C21H15F2N5OS/c1-9-7-24-18-16-11-3-4-14(17-12(23)8-25-20(28-17)10(2)22)27-13(11)5-6-15(16)30-19(18)21(29)26-9/h3-6,8-9,24H,2,7H2,1H3,(H,26,29)/t9-/m1/s1. The first-order valence-electron chi connectivity index (χ1n) is 9.21. The molecule has 1 atom stereocenters. The van der Waals surface area contributed by atoms with Gasteiger partial charge in [-0.3, -0.25) is 4.79 Å². The Morgan fingerprint density at radius 2 is 2.10 bits per heavy atom. The molecule has 9 heteroatoms. The van der Waals surface area contributed by atoms with Crippen LogP contribution in [0.25, 0.3) is 38.2 Å². The molecule has 3 aromatic heterocycles. The van der Waals surface area contributed by atoms with Gasteiger partial charge in [-0.05, 0) is 31.2 Å². The second kappa shape index (κ2) is 6.81. The largest absolute Gasteiger partial charge is 0.381 e. The summed E-state index contributed by atoms with van der Waals surface area (Å²) in [5, 5.41) is 8.05. The molecule has 0 unspecified atom stereocenters. The average Bonchev–Trinajstić information content (AvgIpc) is 3.04. The lowest BCUT2D eigenvalue weighted by Crippen LogP contribution is -2.34. The molecule has 0 saturated heterocycles. The first-order chi connectivity index (χ1) is 14.4. The molecule has 30 heavy (non-hydrogen) atoms. The number of nitrogens with zero attached hydrogens (tertiary/aromatic N) is 3. The molecule has 2 N–H and O–H groups in total. The predicted molar refractivity (Wildman–Crippen MR) is 114 cm³/mol. The highest BCUT2D eigenvalue weighted by atomic mass is 32.1. The monoisotopic (exact) mass is 423 g/mol. The lowest BCUT2D eigenvalue weighted by Gasteiger charge is -2.10. The van der Waals surface area contributed by atoms with Crippen LogP contribution in [-0.2, 0) is 0 Å². The zero-order valence-electron chi connectivity index (χ0n) is 15.8. The van der Waals surface area contributed by atoms with E-state index in [9.17, 15) is 13.6 Å². The second-order valence-electron chi connectivity index (χ2n) is 7.06. The molecule has 1 aliphatic heterocycles. The van der Waals surface area contributed by atoms with Crippen molar-refractivity contribution in [3.05, 3.63) is 53.6 Å². The zero-order valence-corrected chi connectivity index (χ0v) is 16.6. The summed E-state index contributed by atoms with van der Waals surface area (Å²) in [7, 11) is 0. The number of benzene rings is 1. The SMILES string of the molecule is C=C(F)c1ncc(F)c(-c2ccc3c(ccc4sc5c(c43)NC[C@@H](C)NC5=O)n2)n1. The number of anilines is 1. The molecule has 150 valence electrons. The van der Waals surface area contributed by atoms with Gasteiger partial charge in [-0.2, -0.15) is 0 Å². The Balaban J connectivity index is 1.71. The maximum atomic E-state index is 14.3. The summed E-state index contributed by atoms with van der Waals surface area (Å²) in [4.78, 5) is 25.2. The molecule has 5 rings (SSSR count). The quantitative estimate of drug-likeness (QED) is 0.495. The lowest BCUT2D eigenvalue weighted by atomic mass is 10.1. The number of pyridine rings is 1. The van der Waals surface area contributed by atoms with Crippen molar-refractivity contribution in [1.29, 1.82) is 0 Å². The minimum Gasteiger partial charge on any atom is -0.381 e. The van der Waals surface area contributed by atoms with E-state index in [0.29, 0.717) is 16.9 Å². The number of hydrogen-bond acceptors (Lipinski definition) is 6. The summed E-state index contributed by atoms with van der Waals surface area (Å²) in [6.07, 6.45) is 0.903. The third-order valence-electron chi connectivity index (χ3n) is 4.92. The van der Waals surface area contributed by atoms with Gasteiger partial charge in [0.2, 0.25) is 0 Å². The molecule has 1 aliphatic rings. The van der Waals surface area contributed by atoms with Crippen LogP contribution in [0.4, 0.5) is 14.5 Å². The van der Waals surface area contributed by atoms with Crippen molar-refractivity contribution in [3.8, 4) is 11.4 Å². The number of hydrogen-bond donors (Lipinski definition) is 2. The van der Waals surface area contributed by atoms with Crippen LogP contribution in [0, 0.1) is 5.82 Å². The Morgan fingerprint density at radius 3 is 2.90 bits per heavy atom. The number of carbonyl (C=O) groups is 1. The number of aromatic nitrogens is 3. The van der Waals surface area contributed by atoms with E-state index < -0.39 is 11.6 Å². The Labute approximate surface area is 173 Å². The lowest BCUT2D eigenvalue weighted by molar-refractivity contribution is 0.0949. The fraction of sp³-hybridized carbons (Fsp3) is 0.143. The fourth-order valence-corrected chi connectivity index (χ4v) is 4.63. The van der Waals surface area contributed by atoms with E-state index in [-0.39, 0.29) is 29.2 Å². The van der Waals surface area contributed by atoms with Crippen LogP contribution in [0.3, 0.4) is 0 Å². The summed E-state index contributed by atoms with van der Waals surface area (Å²) in [5.74, 6) is -1.94.